The van der Waals surface area contributed by atoms with E-state index in [4.69, 9.17) is 0 Å². The summed E-state index contributed by atoms with van der Waals surface area (Å²) >= 11 is 0. The Morgan fingerprint density at radius 1 is 0.900 bits per heavy atom. The molecular formula is C26H25N3O. The van der Waals surface area contributed by atoms with Crippen LogP contribution >= 0.6 is 0 Å². The SMILES string of the molecule is O=C(Nc1cccc(C#Cc2ccccc2)c1)N1CCCCCC1c1ccncc1. The van der Waals surface area contributed by atoms with E-state index in [1.165, 1.54) is 0 Å². The number of likely N-dealkylation sites (tertiary alicyclic amines) is 1. The van der Waals surface area contributed by atoms with Crippen LogP contribution in [0.4, 0.5) is 10.5 Å². The largest absolute Gasteiger partial charge is 0.322 e. The van der Waals surface area contributed by atoms with Crippen molar-refractivity contribution in [1.29, 1.82) is 0 Å². The molecule has 1 aromatic heterocycles. The van der Waals surface area contributed by atoms with Crippen molar-refractivity contribution in [2.45, 2.75) is 31.7 Å². The summed E-state index contributed by atoms with van der Waals surface area (Å²) in [6.07, 6.45) is 7.87. The van der Waals surface area contributed by atoms with E-state index in [-0.39, 0.29) is 12.1 Å². The van der Waals surface area contributed by atoms with Gasteiger partial charge >= 0.3 is 6.03 Å². The maximum Gasteiger partial charge on any atom is 0.322 e. The summed E-state index contributed by atoms with van der Waals surface area (Å²) in [5.74, 6) is 6.34. The minimum atomic E-state index is -0.0631. The van der Waals surface area contributed by atoms with Gasteiger partial charge in [0.05, 0.1) is 6.04 Å². The van der Waals surface area contributed by atoms with Crippen LogP contribution < -0.4 is 5.32 Å². The molecule has 2 amide bonds. The highest BCUT2D eigenvalue weighted by Gasteiger charge is 2.26. The average molecular weight is 396 g/mol. The molecule has 1 N–H and O–H groups in total. The van der Waals surface area contributed by atoms with E-state index in [1.54, 1.807) is 12.4 Å². The minimum Gasteiger partial charge on any atom is -0.317 e. The van der Waals surface area contributed by atoms with Gasteiger partial charge in [-0.2, -0.15) is 0 Å². The lowest BCUT2D eigenvalue weighted by Gasteiger charge is -2.30. The molecular weight excluding hydrogens is 370 g/mol. The number of hydrogen-bond donors (Lipinski definition) is 1. The Morgan fingerprint density at radius 2 is 1.67 bits per heavy atom. The Hall–Kier alpha value is -3.58. The molecule has 1 saturated heterocycles. The fourth-order valence-electron chi connectivity index (χ4n) is 3.82. The summed E-state index contributed by atoms with van der Waals surface area (Å²) in [6.45, 7) is 0.756. The number of carbonyl (C=O) groups is 1. The van der Waals surface area contributed by atoms with Crippen molar-refractivity contribution in [3.05, 3.63) is 95.8 Å². The second-order valence-electron chi connectivity index (χ2n) is 7.47. The number of benzene rings is 2. The fourth-order valence-corrected chi connectivity index (χ4v) is 3.82. The van der Waals surface area contributed by atoms with Crippen molar-refractivity contribution < 1.29 is 4.79 Å². The number of amides is 2. The molecule has 0 spiro atoms. The molecule has 4 nitrogen and oxygen atoms in total. The van der Waals surface area contributed by atoms with Crippen molar-refractivity contribution in [2.75, 3.05) is 11.9 Å². The predicted molar refractivity (Wildman–Crippen MR) is 120 cm³/mol. The van der Waals surface area contributed by atoms with Crippen LogP contribution in [0.2, 0.25) is 0 Å². The number of hydrogen-bond acceptors (Lipinski definition) is 2. The number of carbonyl (C=O) groups excluding carboxylic acids is 1. The van der Waals surface area contributed by atoms with Gasteiger partial charge in [0.2, 0.25) is 0 Å². The number of pyridine rings is 1. The van der Waals surface area contributed by atoms with Gasteiger partial charge in [0.1, 0.15) is 0 Å². The van der Waals surface area contributed by atoms with Gasteiger partial charge in [0, 0.05) is 35.8 Å². The molecule has 0 saturated carbocycles. The maximum atomic E-state index is 13.2. The molecule has 150 valence electrons. The number of nitrogens with one attached hydrogen (secondary N) is 1. The first-order chi connectivity index (χ1) is 14.8. The summed E-state index contributed by atoms with van der Waals surface area (Å²) in [5.41, 5.74) is 3.75. The van der Waals surface area contributed by atoms with E-state index in [0.717, 1.165) is 54.6 Å². The van der Waals surface area contributed by atoms with Crippen molar-refractivity contribution in [3.63, 3.8) is 0 Å². The molecule has 30 heavy (non-hydrogen) atoms. The normalized spacial score (nSPS) is 16.1. The highest BCUT2D eigenvalue weighted by atomic mass is 16.2. The van der Waals surface area contributed by atoms with Crippen LogP contribution in [-0.4, -0.2) is 22.5 Å². The van der Waals surface area contributed by atoms with Crippen LogP contribution in [0.3, 0.4) is 0 Å². The van der Waals surface area contributed by atoms with Crippen molar-refractivity contribution >= 4 is 11.7 Å². The molecule has 0 radical (unpaired) electrons. The van der Waals surface area contributed by atoms with Crippen LogP contribution in [0.1, 0.15) is 48.4 Å². The van der Waals surface area contributed by atoms with Gasteiger partial charge in [-0.15, -0.1) is 0 Å². The van der Waals surface area contributed by atoms with Gasteiger partial charge in [-0.1, -0.05) is 48.9 Å². The van der Waals surface area contributed by atoms with Crippen LogP contribution in [0.15, 0.2) is 79.1 Å². The van der Waals surface area contributed by atoms with E-state index < -0.39 is 0 Å². The Kier molecular flexibility index (Phi) is 6.41. The smallest absolute Gasteiger partial charge is 0.317 e. The highest BCUT2D eigenvalue weighted by Crippen LogP contribution is 2.30. The monoisotopic (exact) mass is 395 g/mol. The zero-order valence-corrected chi connectivity index (χ0v) is 16.9. The molecule has 1 unspecified atom stereocenters. The molecule has 2 aromatic carbocycles. The summed E-state index contributed by atoms with van der Waals surface area (Å²) < 4.78 is 0. The van der Waals surface area contributed by atoms with Crippen molar-refractivity contribution in [2.24, 2.45) is 0 Å². The molecule has 4 heteroatoms. The first kappa shape index (κ1) is 19.7. The summed E-state index contributed by atoms with van der Waals surface area (Å²) in [4.78, 5) is 19.2. The molecule has 0 aliphatic carbocycles. The van der Waals surface area contributed by atoms with E-state index in [2.05, 4.69) is 22.1 Å². The lowest BCUT2D eigenvalue weighted by atomic mass is 10.0. The van der Waals surface area contributed by atoms with Gasteiger partial charge in [-0.05, 0) is 60.9 Å². The zero-order chi connectivity index (χ0) is 20.6. The molecule has 4 rings (SSSR count). The standard InChI is InChI=1S/C26H25N3O/c30-26(29-19-6-2-5-12-25(29)23-15-17-27-18-16-23)28-24-11-7-10-22(20-24)14-13-21-8-3-1-4-9-21/h1,3-4,7-11,15-18,20,25H,2,5-6,12,19H2,(H,28,30). The Morgan fingerprint density at radius 3 is 2.50 bits per heavy atom. The first-order valence-corrected chi connectivity index (χ1v) is 10.4. The third kappa shape index (κ3) is 5.07. The van der Waals surface area contributed by atoms with Crippen molar-refractivity contribution in [3.8, 4) is 11.8 Å². The lowest BCUT2D eigenvalue weighted by molar-refractivity contribution is 0.189. The first-order valence-electron chi connectivity index (χ1n) is 10.4. The lowest BCUT2D eigenvalue weighted by Crippen LogP contribution is -2.38. The predicted octanol–water partition coefficient (Wildman–Crippen LogP) is 5.63. The number of aromatic nitrogens is 1. The quantitative estimate of drug-likeness (QED) is 0.572. The summed E-state index contributed by atoms with van der Waals surface area (Å²) in [6, 6.07) is 21.6. The molecule has 0 bridgehead atoms. The van der Waals surface area contributed by atoms with Gasteiger partial charge in [0.15, 0.2) is 0 Å². The minimum absolute atomic E-state index is 0.0631. The third-order valence-corrected chi connectivity index (χ3v) is 5.34. The Labute approximate surface area is 178 Å². The maximum absolute atomic E-state index is 13.2. The van der Waals surface area contributed by atoms with Gasteiger partial charge in [-0.3, -0.25) is 4.98 Å². The molecule has 1 atom stereocenters. The topological polar surface area (TPSA) is 45.2 Å². The molecule has 1 aliphatic heterocycles. The van der Waals surface area contributed by atoms with Crippen LogP contribution in [0.25, 0.3) is 0 Å². The van der Waals surface area contributed by atoms with Crippen LogP contribution in [0, 0.1) is 11.8 Å². The zero-order valence-electron chi connectivity index (χ0n) is 16.9. The fraction of sp³-hybridized carbons (Fsp3) is 0.231. The highest BCUT2D eigenvalue weighted by molar-refractivity contribution is 5.89. The molecule has 2 heterocycles. The Balaban J connectivity index is 1.50. The number of rotatable bonds is 2. The van der Waals surface area contributed by atoms with Crippen molar-refractivity contribution in [1.82, 2.24) is 9.88 Å². The van der Waals surface area contributed by atoms with E-state index >= 15 is 0 Å². The molecule has 1 aliphatic rings. The van der Waals surface area contributed by atoms with E-state index in [1.807, 2.05) is 71.6 Å². The van der Waals surface area contributed by atoms with Crippen LogP contribution in [0.5, 0.6) is 0 Å². The number of urea groups is 1. The van der Waals surface area contributed by atoms with Gasteiger partial charge in [-0.25, -0.2) is 4.79 Å². The molecule has 1 fully saturated rings. The third-order valence-electron chi connectivity index (χ3n) is 5.34. The average Bonchev–Trinajstić information content (AvgIpc) is 3.06. The second-order valence-corrected chi connectivity index (χ2v) is 7.47. The van der Waals surface area contributed by atoms with Crippen LogP contribution in [-0.2, 0) is 0 Å². The second kappa shape index (κ2) is 9.76. The summed E-state index contributed by atoms with van der Waals surface area (Å²) in [5, 5.41) is 3.08. The number of nitrogens with zero attached hydrogens (tertiary/aromatic N) is 2. The van der Waals surface area contributed by atoms with Gasteiger partial charge < -0.3 is 10.2 Å². The summed E-state index contributed by atoms with van der Waals surface area (Å²) in [7, 11) is 0. The molecule has 3 aromatic rings. The van der Waals surface area contributed by atoms with Gasteiger partial charge in [0.25, 0.3) is 0 Å². The van der Waals surface area contributed by atoms with E-state index in [9.17, 15) is 4.79 Å². The van der Waals surface area contributed by atoms with E-state index in [0.29, 0.717) is 0 Å². The Bertz CT molecular complexity index is 1040. The number of anilines is 1.